The summed E-state index contributed by atoms with van der Waals surface area (Å²) in [4.78, 5) is 2.00. The van der Waals surface area contributed by atoms with E-state index in [2.05, 4.69) is 31.9 Å². The number of benzene rings is 2. The zero-order valence-electron chi connectivity index (χ0n) is 12.2. The molecule has 5 heteroatoms. The summed E-state index contributed by atoms with van der Waals surface area (Å²) < 4.78 is 7.27. The first-order valence-electron chi connectivity index (χ1n) is 6.81. The second-order valence-electron chi connectivity index (χ2n) is 5.42. The highest BCUT2D eigenvalue weighted by molar-refractivity contribution is 9.10. The molecule has 0 aliphatic rings. The lowest BCUT2D eigenvalue weighted by Gasteiger charge is -2.12. The largest absolute Gasteiger partial charge is 0.506 e. The van der Waals surface area contributed by atoms with Crippen LogP contribution in [0.5, 0.6) is 5.75 Å². The predicted octanol–water partition coefficient (Wildman–Crippen LogP) is 5.39. The molecule has 3 nitrogen and oxygen atoms in total. The minimum atomic E-state index is 0.224. The van der Waals surface area contributed by atoms with Crippen molar-refractivity contribution in [1.82, 2.24) is 4.90 Å². The number of aromatic hydroxyl groups is 1. The number of hydrogen-bond donors (Lipinski definition) is 1. The average Bonchev–Trinajstić information content (AvgIpc) is 2.80. The van der Waals surface area contributed by atoms with Gasteiger partial charge >= 0.3 is 0 Å². The van der Waals surface area contributed by atoms with Crippen LogP contribution in [0.3, 0.4) is 0 Å². The van der Waals surface area contributed by atoms with Gasteiger partial charge in [0, 0.05) is 17.5 Å². The minimum absolute atomic E-state index is 0.224. The Morgan fingerprint density at radius 3 is 2.45 bits per heavy atom. The molecule has 114 valence electrons. The highest BCUT2D eigenvalue weighted by Gasteiger charge is 2.21. The van der Waals surface area contributed by atoms with Crippen LogP contribution in [-0.4, -0.2) is 24.1 Å². The second kappa shape index (κ2) is 6.07. The van der Waals surface area contributed by atoms with Crippen LogP contribution in [0.2, 0.25) is 0 Å². The molecule has 1 N–H and O–H groups in total. The van der Waals surface area contributed by atoms with E-state index in [1.807, 2.05) is 55.4 Å². The monoisotopic (exact) mass is 423 g/mol. The van der Waals surface area contributed by atoms with E-state index in [-0.39, 0.29) is 5.75 Å². The number of nitrogens with zero attached hydrogens (tertiary/aromatic N) is 1. The predicted molar refractivity (Wildman–Crippen MR) is 96.1 cm³/mol. The third-order valence-corrected chi connectivity index (χ3v) is 4.66. The zero-order chi connectivity index (χ0) is 15.9. The Bertz CT molecular complexity index is 826. The van der Waals surface area contributed by atoms with Gasteiger partial charge in [-0.15, -0.1) is 0 Å². The molecule has 0 radical (unpaired) electrons. The quantitative estimate of drug-likeness (QED) is 0.612. The number of halogens is 2. The average molecular weight is 425 g/mol. The van der Waals surface area contributed by atoms with Crippen molar-refractivity contribution in [2.75, 3.05) is 14.1 Å². The number of phenolic OH excluding ortho intramolecular Hbond substituents is 1. The van der Waals surface area contributed by atoms with Crippen LogP contribution in [-0.2, 0) is 6.54 Å². The fourth-order valence-electron chi connectivity index (χ4n) is 2.56. The topological polar surface area (TPSA) is 36.6 Å². The maximum atomic E-state index is 10.4. The van der Waals surface area contributed by atoms with Gasteiger partial charge in [-0.3, -0.25) is 0 Å². The van der Waals surface area contributed by atoms with Gasteiger partial charge in [-0.2, -0.15) is 0 Å². The van der Waals surface area contributed by atoms with Crippen molar-refractivity contribution < 1.29 is 9.52 Å². The number of rotatable bonds is 3. The Morgan fingerprint density at radius 2 is 1.82 bits per heavy atom. The van der Waals surface area contributed by atoms with E-state index in [1.54, 1.807) is 0 Å². The van der Waals surface area contributed by atoms with Gasteiger partial charge in [0.25, 0.3) is 0 Å². The SMILES string of the molecule is CN(C)Cc1c(O)c(Br)cc2c(-c3ccccc3)c(Br)oc12. The molecule has 0 saturated carbocycles. The normalized spacial score (nSPS) is 11.5. The van der Waals surface area contributed by atoms with Crippen LogP contribution in [0.1, 0.15) is 5.56 Å². The highest BCUT2D eigenvalue weighted by atomic mass is 79.9. The molecule has 3 aromatic rings. The molecule has 1 aromatic heterocycles. The summed E-state index contributed by atoms with van der Waals surface area (Å²) in [5.41, 5.74) is 3.55. The van der Waals surface area contributed by atoms with Crippen molar-refractivity contribution in [1.29, 1.82) is 0 Å². The summed E-state index contributed by atoms with van der Waals surface area (Å²) in [7, 11) is 3.92. The lowest BCUT2D eigenvalue weighted by Crippen LogP contribution is -2.11. The molecule has 0 fully saturated rings. The maximum absolute atomic E-state index is 10.4. The molecule has 0 saturated heterocycles. The molecule has 1 heterocycles. The van der Waals surface area contributed by atoms with E-state index in [9.17, 15) is 5.11 Å². The molecule has 0 aliphatic heterocycles. The van der Waals surface area contributed by atoms with Gasteiger partial charge < -0.3 is 14.4 Å². The van der Waals surface area contributed by atoms with E-state index in [1.165, 1.54) is 0 Å². The molecule has 0 amide bonds. The van der Waals surface area contributed by atoms with Crippen molar-refractivity contribution in [2.45, 2.75) is 6.54 Å². The van der Waals surface area contributed by atoms with E-state index in [0.29, 0.717) is 21.3 Å². The maximum Gasteiger partial charge on any atom is 0.178 e. The molecule has 3 rings (SSSR count). The molecule has 0 unspecified atom stereocenters. The van der Waals surface area contributed by atoms with Crippen LogP contribution in [0.15, 0.2) is 50.0 Å². The molecule has 0 bridgehead atoms. The van der Waals surface area contributed by atoms with Gasteiger partial charge in [0.1, 0.15) is 11.3 Å². The number of furan rings is 1. The molecular weight excluding hydrogens is 410 g/mol. The summed E-state index contributed by atoms with van der Waals surface area (Å²) >= 11 is 6.97. The van der Waals surface area contributed by atoms with Gasteiger partial charge in [-0.05, 0) is 57.6 Å². The van der Waals surface area contributed by atoms with Gasteiger partial charge in [-0.25, -0.2) is 0 Å². The van der Waals surface area contributed by atoms with Crippen molar-refractivity contribution in [2.24, 2.45) is 0 Å². The second-order valence-corrected chi connectivity index (χ2v) is 6.99. The van der Waals surface area contributed by atoms with E-state index in [4.69, 9.17) is 4.42 Å². The Morgan fingerprint density at radius 1 is 1.14 bits per heavy atom. The Labute approximate surface area is 145 Å². The lowest BCUT2D eigenvalue weighted by atomic mass is 10.0. The first kappa shape index (κ1) is 15.6. The van der Waals surface area contributed by atoms with Crippen LogP contribution in [0.25, 0.3) is 22.1 Å². The molecule has 2 aromatic carbocycles. The van der Waals surface area contributed by atoms with Crippen LogP contribution in [0.4, 0.5) is 0 Å². The Kier molecular flexibility index (Phi) is 4.30. The number of hydrogen-bond acceptors (Lipinski definition) is 3. The molecular formula is C17H15Br2NO2. The summed E-state index contributed by atoms with van der Waals surface area (Å²) in [6.45, 7) is 0.593. The third-order valence-electron chi connectivity index (χ3n) is 3.50. The first-order chi connectivity index (χ1) is 10.5. The molecule has 0 atom stereocenters. The van der Waals surface area contributed by atoms with Crippen molar-refractivity contribution in [3.05, 3.63) is 51.1 Å². The fraction of sp³-hybridized carbons (Fsp3) is 0.176. The summed E-state index contributed by atoms with van der Waals surface area (Å²) in [5, 5.41) is 11.3. The van der Waals surface area contributed by atoms with Crippen molar-refractivity contribution in [3.8, 4) is 16.9 Å². The van der Waals surface area contributed by atoms with Gasteiger partial charge in [0.2, 0.25) is 0 Å². The fourth-order valence-corrected chi connectivity index (χ4v) is 3.63. The number of fused-ring (bicyclic) bond motifs is 1. The summed E-state index contributed by atoms with van der Waals surface area (Å²) in [6, 6.07) is 12.0. The number of phenols is 1. The summed E-state index contributed by atoms with van der Waals surface area (Å²) in [6.07, 6.45) is 0. The minimum Gasteiger partial charge on any atom is -0.506 e. The lowest BCUT2D eigenvalue weighted by molar-refractivity contribution is 0.383. The van der Waals surface area contributed by atoms with E-state index in [0.717, 1.165) is 22.1 Å². The van der Waals surface area contributed by atoms with E-state index < -0.39 is 0 Å². The Hall–Kier alpha value is -1.30. The first-order valence-corrected chi connectivity index (χ1v) is 8.40. The zero-order valence-corrected chi connectivity index (χ0v) is 15.4. The van der Waals surface area contributed by atoms with Crippen molar-refractivity contribution >= 4 is 42.8 Å². The summed E-state index contributed by atoms with van der Waals surface area (Å²) in [5.74, 6) is 0.224. The van der Waals surface area contributed by atoms with E-state index >= 15 is 0 Å². The highest BCUT2D eigenvalue weighted by Crippen LogP contribution is 2.44. The smallest absolute Gasteiger partial charge is 0.178 e. The molecule has 0 spiro atoms. The third kappa shape index (κ3) is 2.69. The Balaban J connectivity index is 2.33. The van der Waals surface area contributed by atoms with Crippen molar-refractivity contribution in [3.63, 3.8) is 0 Å². The standard InChI is InChI=1S/C17H15Br2NO2/c1-20(2)9-12-15(21)13(18)8-11-14(17(19)22-16(11)12)10-6-4-3-5-7-10/h3-8,21H,9H2,1-2H3. The van der Waals surface area contributed by atoms with Crippen LogP contribution >= 0.6 is 31.9 Å². The van der Waals surface area contributed by atoms with Gasteiger partial charge in [0.15, 0.2) is 4.67 Å². The molecule has 0 aliphatic carbocycles. The molecule has 22 heavy (non-hydrogen) atoms. The van der Waals surface area contributed by atoms with Gasteiger partial charge in [0.05, 0.1) is 10.0 Å². The van der Waals surface area contributed by atoms with Crippen LogP contribution < -0.4 is 0 Å². The van der Waals surface area contributed by atoms with Crippen LogP contribution in [0, 0.1) is 0 Å². The van der Waals surface area contributed by atoms with Gasteiger partial charge in [-0.1, -0.05) is 30.3 Å².